The molecule has 2 rings (SSSR count). The quantitative estimate of drug-likeness (QED) is 0.846. The average molecular weight is 333 g/mol. The Bertz CT molecular complexity index is 703. The monoisotopic (exact) mass is 333 g/mol. The molecular weight excluding hydrogens is 313 g/mol. The van der Waals surface area contributed by atoms with E-state index in [4.69, 9.17) is 0 Å². The van der Waals surface area contributed by atoms with Gasteiger partial charge in [0.15, 0.2) is 0 Å². The number of halogens is 1. The topological polar surface area (TPSA) is 76.9 Å². The third-order valence-electron chi connectivity index (χ3n) is 3.74. The summed E-state index contributed by atoms with van der Waals surface area (Å²) < 4.78 is 13.0. The van der Waals surface area contributed by atoms with E-state index >= 15 is 0 Å². The number of rotatable bonds is 6. The van der Waals surface area contributed by atoms with Crippen molar-refractivity contribution >= 4 is 17.5 Å². The molecule has 24 heavy (non-hydrogen) atoms. The molecule has 2 aromatic rings. The lowest BCUT2D eigenvalue weighted by molar-refractivity contribution is 0.201. The zero-order chi connectivity index (χ0) is 17.7. The summed E-state index contributed by atoms with van der Waals surface area (Å²) >= 11 is 0. The van der Waals surface area contributed by atoms with Gasteiger partial charge in [0, 0.05) is 24.8 Å². The number of nitrogens with zero attached hydrogens (tertiary/aromatic N) is 3. The third-order valence-corrected chi connectivity index (χ3v) is 3.74. The fourth-order valence-corrected chi connectivity index (χ4v) is 2.39. The van der Waals surface area contributed by atoms with E-state index in [1.54, 1.807) is 12.3 Å². The highest BCUT2D eigenvalue weighted by Gasteiger charge is 2.18. The molecule has 0 unspecified atom stereocenters. The fraction of sp³-hybridized carbons (Fsp3) is 0.294. The van der Waals surface area contributed by atoms with Gasteiger partial charge >= 0.3 is 6.09 Å². The Morgan fingerprint density at radius 3 is 2.29 bits per heavy atom. The van der Waals surface area contributed by atoms with Crippen molar-refractivity contribution < 1.29 is 19.4 Å². The minimum Gasteiger partial charge on any atom is -0.506 e. The fourth-order valence-electron chi connectivity index (χ4n) is 2.39. The Labute approximate surface area is 139 Å². The summed E-state index contributed by atoms with van der Waals surface area (Å²) in [7, 11) is 0. The lowest BCUT2D eigenvalue weighted by Crippen LogP contribution is -2.29. The predicted molar refractivity (Wildman–Crippen MR) is 90.1 cm³/mol. The molecule has 0 aliphatic carbocycles. The largest absolute Gasteiger partial charge is 0.506 e. The molecule has 0 aliphatic heterocycles. The molecule has 0 fully saturated rings. The number of benzene rings is 1. The highest BCUT2D eigenvalue weighted by atomic mass is 19.1. The summed E-state index contributed by atoms with van der Waals surface area (Å²) in [6, 6.07) is 6.67. The highest BCUT2D eigenvalue weighted by molar-refractivity contribution is 5.85. The van der Waals surface area contributed by atoms with Gasteiger partial charge in [0.1, 0.15) is 17.3 Å². The first-order valence-corrected chi connectivity index (χ1v) is 7.65. The Balaban J connectivity index is 2.27. The number of hydrogen-bond donors (Lipinski definition) is 2. The average Bonchev–Trinajstić information content (AvgIpc) is 2.56. The smallest absolute Gasteiger partial charge is 0.412 e. The van der Waals surface area contributed by atoms with Crippen LogP contribution in [0.4, 0.5) is 20.6 Å². The number of anilines is 2. The van der Waals surface area contributed by atoms with E-state index in [2.05, 4.69) is 4.98 Å². The van der Waals surface area contributed by atoms with Gasteiger partial charge in [-0.05, 0) is 38.1 Å². The Morgan fingerprint density at radius 1 is 1.17 bits per heavy atom. The van der Waals surface area contributed by atoms with Crippen LogP contribution in [-0.4, -0.2) is 34.4 Å². The predicted octanol–water partition coefficient (Wildman–Crippen LogP) is 3.46. The molecule has 128 valence electrons. The second-order valence-electron chi connectivity index (χ2n) is 5.18. The van der Waals surface area contributed by atoms with Crippen LogP contribution < -0.4 is 9.80 Å². The van der Waals surface area contributed by atoms with Gasteiger partial charge in [-0.15, -0.1) is 0 Å². The highest BCUT2D eigenvalue weighted by Crippen LogP contribution is 2.25. The molecule has 7 heteroatoms. The van der Waals surface area contributed by atoms with E-state index in [-0.39, 0.29) is 18.0 Å². The number of hydrogen-bond acceptors (Lipinski definition) is 4. The van der Waals surface area contributed by atoms with Crippen molar-refractivity contribution in [3.8, 4) is 5.75 Å². The molecule has 0 spiro atoms. The number of pyridine rings is 1. The van der Waals surface area contributed by atoms with Gasteiger partial charge < -0.3 is 15.1 Å². The number of amides is 1. The molecule has 0 bridgehead atoms. The van der Waals surface area contributed by atoms with E-state index in [0.29, 0.717) is 5.69 Å². The summed E-state index contributed by atoms with van der Waals surface area (Å²) in [5.41, 5.74) is 1.31. The van der Waals surface area contributed by atoms with Crippen molar-refractivity contribution in [1.29, 1.82) is 0 Å². The normalized spacial score (nSPS) is 10.5. The molecule has 6 nitrogen and oxygen atoms in total. The van der Waals surface area contributed by atoms with Crippen LogP contribution in [0.3, 0.4) is 0 Å². The zero-order valence-electron chi connectivity index (χ0n) is 13.6. The van der Waals surface area contributed by atoms with E-state index in [9.17, 15) is 19.4 Å². The molecule has 1 aromatic carbocycles. The minimum absolute atomic E-state index is 0.0761. The molecule has 0 aliphatic rings. The molecule has 1 heterocycles. The number of carbonyl (C=O) groups is 1. The van der Waals surface area contributed by atoms with Crippen LogP contribution in [0.25, 0.3) is 0 Å². The van der Waals surface area contributed by atoms with Gasteiger partial charge in [-0.1, -0.05) is 0 Å². The molecule has 1 amide bonds. The van der Waals surface area contributed by atoms with Crippen molar-refractivity contribution in [2.75, 3.05) is 22.9 Å². The molecule has 1 aromatic heterocycles. The minimum atomic E-state index is -1.21. The van der Waals surface area contributed by atoms with Crippen molar-refractivity contribution in [2.45, 2.75) is 20.4 Å². The van der Waals surface area contributed by atoms with Gasteiger partial charge in [0.2, 0.25) is 0 Å². The SMILES string of the molecule is CCN(CC)c1cnc(CN(C(=O)O)c2ccc(F)cc2)c(O)c1. The van der Waals surface area contributed by atoms with Crippen LogP contribution >= 0.6 is 0 Å². The number of carboxylic acid groups (broad SMARTS) is 1. The number of aromatic nitrogens is 1. The molecule has 0 saturated heterocycles. The summed E-state index contributed by atoms with van der Waals surface area (Å²) in [4.78, 5) is 18.7. The molecular formula is C17H20FN3O3. The van der Waals surface area contributed by atoms with Gasteiger partial charge in [0.05, 0.1) is 18.4 Å². The first-order valence-electron chi connectivity index (χ1n) is 7.65. The van der Waals surface area contributed by atoms with E-state index in [1.807, 2.05) is 18.7 Å². The van der Waals surface area contributed by atoms with Crippen LogP contribution in [0.5, 0.6) is 5.75 Å². The first-order chi connectivity index (χ1) is 11.5. The van der Waals surface area contributed by atoms with Gasteiger partial charge in [-0.2, -0.15) is 0 Å². The second-order valence-corrected chi connectivity index (χ2v) is 5.18. The first kappa shape index (κ1) is 17.5. The lowest BCUT2D eigenvalue weighted by atomic mass is 10.2. The molecule has 2 N–H and O–H groups in total. The summed E-state index contributed by atoms with van der Waals surface area (Å²) in [6.45, 7) is 5.40. The van der Waals surface area contributed by atoms with Crippen molar-refractivity contribution in [1.82, 2.24) is 4.98 Å². The van der Waals surface area contributed by atoms with Gasteiger partial charge in [0.25, 0.3) is 0 Å². The van der Waals surface area contributed by atoms with Crippen LogP contribution in [0.2, 0.25) is 0 Å². The van der Waals surface area contributed by atoms with Crippen LogP contribution in [0.15, 0.2) is 36.5 Å². The van der Waals surface area contributed by atoms with Crippen LogP contribution in [0.1, 0.15) is 19.5 Å². The molecule has 0 saturated carbocycles. The zero-order valence-corrected chi connectivity index (χ0v) is 13.6. The maximum atomic E-state index is 13.0. The summed E-state index contributed by atoms with van der Waals surface area (Å²) in [5, 5.41) is 19.6. The van der Waals surface area contributed by atoms with Gasteiger partial charge in [-0.25, -0.2) is 9.18 Å². The van der Waals surface area contributed by atoms with E-state index in [0.717, 1.165) is 23.7 Å². The van der Waals surface area contributed by atoms with Crippen molar-refractivity contribution in [2.24, 2.45) is 0 Å². The van der Waals surface area contributed by atoms with Crippen LogP contribution in [-0.2, 0) is 6.54 Å². The Kier molecular flexibility index (Phi) is 5.57. The van der Waals surface area contributed by atoms with E-state index in [1.165, 1.54) is 24.3 Å². The Morgan fingerprint density at radius 2 is 1.79 bits per heavy atom. The summed E-state index contributed by atoms with van der Waals surface area (Å²) in [6.07, 6.45) is 0.392. The lowest BCUT2D eigenvalue weighted by Gasteiger charge is -2.22. The van der Waals surface area contributed by atoms with Crippen LogP contribution in [0, 0.1) is 5.82 Å². The van der Waals surface area contributed by atoms with Crippen molar-refractivity contribution in [3.05, 3.63) is 48.0 Å². The maximum Gasteiger partial charge on any atom is 0.412 e. The van der Waals surface area contributed by atoms with Gasteiger partial charge in [-0.3, -0.25) is 9.88 Å². The third kappa shape index (κ3) is 3.92. The van der Waals surface area contributed by atoms with Crippen molar-refractivity contribution in [3.63, 3.8) is 0 Å². The molecule has 0 radical (unpaired) electrons. The number of aromatic hydroxyl groups is 1. The Hall–Kier alpha value is -2.83. The summed E-state index contributed by atoms with van der Waals surface area (Å²) in [5.74, 6) is -0.526. The maximum absolute atomic E-state index is 13.0. The standard InChI is InChI=1S/C17H20FN3O3/c1-3-20(4-2)14-9-16(22)15(19-10-14)11-21(17(23)24)13-7-5-12(18)6-8-13/h5-10,22H,3-4,11H2,1-2H3,(H,23,24). The van der Waals surface area contributed by atoms with E-state index < -0.39 is 11.9 Å². The molecule has 0 atom stereocenters. The second kappa shape index (κ2) is 7.63.